The van der Waals surface area contributed by atoms with Gasteiger partial charge in [-0.3, -0.25) is 0 Å². The van der Waals surface area contributed by atoms with Crippen molar-refractivity contribution < 1.29 is 4.74 Å². The molecule has 1 aromatic carbocycles. The molecule has 4 heteroatoms. The molecule has 76 valence electrons. The smallest absolute Gasteiger partial charge is 0.139 e. The average Bonchev–Trinajstić information content (AvgIpc) is 2.92. The number of nitrogens with two attached hydrogens (primary N) is 1. The van der Waals surface area contributed by atoms with E-state index < -0.39 is 0 Å². The molecule has 0 saturated heterocycles. The van der Waals surface area contributed by atoms with Crippen LogP contribution in [0.25, 0.3) is 0 Å². The van der Waals surface area contributed by atoms with Crippen LogP contribution in [0.15, 0.2) is 16.6 Å². The Labute approximate surface area is 96.5 Å². The summed E-state index contributed by atoms with van der Waals surface area (Å²) in [6, 6.07) is 3.52. The number of hydrogen-bond donors (Lipinski definition) is 1. The lowest BCUT2D eigenvalue weighted by molar-refractivity contribution is 0.300. The fourth-order valence-electron chi connectivity index (χ4n) is 1.15. The first-order valence-corrected chi connectivity index (χ1v) is 5.71. The Morgan fingerprint density at radius 2 is 2.21 bits per heavy atom. The van der Waals surface area contributed by atoms with Gasteiger partial charge in [0.25, 0.3) is 0 Å². The van der Waals surface area contributed by atoms with Gasteiger partial charge < -0.3 is 10.5 Å². The van der Waals surface area contributed by atoms with E-state index in [0.29, 0.717) is 16.5 Å². The van der Waals surface area contributed by atoms with Crippen LogP contribution in [0.5, 0.6) is 5.75 Å². The average molecular weight is 277 g/mol. The molecule has 2 rings (SSSR count). The van der Waals surface area contributed by atoms with Gasteiger partial charge >= 0.3 is 0 Å². The topological polar surface area (TPSA) is 35.2 Å². The fourth-order valence-corrected chi connectivity index (χ4v) is 1.70. The summed E-state index contributed by atoms with van der Waals surface area (Å²) >= 11 is 9.32. The van der Waals surface area contributed by atoms with Gasteiger partial charge in [0.1, 0.15) is 5.75 Å². The molecule has 1 fully saturated rings. The Morgan fingerprint density at radius 3 is 2.86 bits per heavy atom. The molecular weight excluding hydrogens is 265 g/mol. The van der Waals surface area contributed by atoms with Crippen LogP contribution in [-0.2, 0) is 0 Å². The van der Waals surface area contributed by atoms with Crippen LogP contribution in [0.2, 0.25) is 5.02 Å². The second-order valence-electron chi connectivity index (χ2n) is 3.56. The van der Waals surface area contributed by atoms with Crippen molar-refractivity contribution in [2.75, 3.05) is 12.3 Å². The predicted octanol–water partition coefficient (Wildman–Crippen LogP) is 3.47. The van der Waals surface area contributed by atoms with Crippen molar-refractivity contribution in [3.05, 3.63) is 21.6 Å². The summed E-state index contributed by atoms with van der Waals surface area (Å²) in [5.41, 5.74) is 6.30. The Kier molecular flexibility index (Phi) is 2.88. The lowest BCUT2D eigenvalue weighted by Crippen LogP contribution is -2.00. The van der Waals surface area contributed by atoms with Crippen molar-refractivity contribution in [3.63, 3.8) is 0 Å². The summed E-state index contributed by atoms with van der Waals surface area (Å²) in [6.07, 6.45) is 2.54. The molecular formula is C10H11BrClNO. The molecule has 0 bridgehead atoms. The summed E-state index contributed by atoms with van der Waals surface area (Å²) in [6.45, 7) is 0.760. The number of hydrogen-bond acceptors (Lipinski definition) is 2. The molecule has 0 unspecified atom stereocenters. The molecule has 0 aromatic heterocycles. The molecule has 1 saturated carbocycles. The zero-order valence-electron chi connectivity index (χ0n) is 7.59. The minimum Gasteiger partial charge on any atom is -0.492 e. The van der Waals surface area contributed by atoms with Gasteiger partial charge in [0.15, 0.2) is 0 Å². The van der Waals surface area contributed by atoms with Crippen molar-refractivity contribution in [2.24, 2.45) is 5.92 Å². The van der Waals surface area contributed by atoms with Gasteiger partial charge in [-0.05, 0) is 46.8 Å². The number of ether oxygens (including phenoxy) is 1. The van der Waals surface area contributed by atoms with E-state index in [4.69, 9.17) is 22.1 Å². The Bertz CT molecular complexity index is 352. The van der Waals surface area contributed by atoms with Crippen molar-refractivity contribution in [3.8, 4) is 5.75 Å². The lowest BCUT2D eigenvalue weighted by atomic mass is 10.3. The standard InChI is InChI=1S/C10H11BrClNO/c11-7-3-10(8(12)4-9(7)13)14-5-6-1-2-6/h3-4,6H,1-2,5,13H2. The van der Waals surface area contributed by atoms with Crippen LogP contribution in [0.3, 0.4) is 0 Å². The van der Waals surface area contributed by atoms with E-state index >= 15 is 0 Å². The minimum atomic E-state index is 0.575. The molecule has 0 radical (unpaired) electrons. The molecule has 0 spiro atoms. The van der Waals surface area contributed by atoms with Gasteiger partial charge in [-0.25, -0.2) is 0 Å². The number of benzene rings is 1. The second kappa shape index (κ2) is 3.99. The Balaban J connectivity index is 2.10. The van der Waals surface area contributed by atoms with Crippen molar-refractivity contribution >= 4 is 33.2 Å². The highest BCUT2D eigenvalue weighted by Gasteiger charge is 2.22. The molecule has 0 amide bonds. The van der Waals surface area contributed by atoms with Gasteiger partial charge in [0.05, 0.1) is 11.6 Å². The summed E-state index contributed by atoms with van der Waals surface area (Å²) in [5, 5.41) is 0.575. The van der Waals surface area contributed by atoms with Crippen LogP contribution in [0, 0.1) is 5.92 Å². The molecule has 1 aliphatic carbocycles. The van der Waals surface area contributed by atoms with Gasteiger partial charge in [-0.2, -0.15) is 0 Å². The zero-order chi connectivity index (χ0) is 10.1. The third-order valence-electron chi connectivity index (χ3n) is 2.22. The highest BCUT2D eigenvalue weighted by Crippen LogP contribution is 2.35. The quantitative estimate of drug-likeness (QED) is 0.858. The molecule has 1 aliphatic rings. The summed E-state index contributed by atoms with van der Waals surface area (Å²) in [7, 11) is 0. The largest absolute Gasteiger partial charge is 0.492 e. The Hall–Kier alpha value is -0.410. The molecule has 14 heavy (non-hydrogen) atoms. The van der Waals surface area contributed by atoms with E-state index in [1.54, 1.807) is 6.07 Å². The van der Waals surface area contributed by atoms with Crippen LogP contribution in [-0.4, -0.2) is 6.61 Å². The number of halogens is 2. The SMILES string of the molecule is Nc1cc(Cl)c(OCC2CC2)cc1Br. The number of nitrogen functional groups attached to an aromatic ring is 1. The van der Waals surface area contributed by atoms with Crippen LogP contribution in [0.1, 0.15) is 12.8 Å². The van der Waals surface area contributed by atoms with Crippen molar-refractivity contribution in [2.45, 2.75) is 12.8 Å². The summed E-state index contributed by atoms with van der Waals surface area (Å²) < 4.78 is 6.41. The van der Waals surface area contributed by atoms with Gasteiger partial charge in [-0.1, -0.05) is 11.6 Å². The van der Waals surface area contributed by atoms with Crippen molar-refractivity contribution in [1.29, 1.82) is 0 Å². The molecule has 0 heterocycles. The third kappa shape index (κ3) is 2.34. The van der Waals surface area contributed by atoms with E-state index in [-0.39, 0.29) is 0 Å². The van der Waals surface area contributed by atoms with E-state index in [0.717, 1.165) is 17.0 Å². The third-order valence-corrected chi connectivity index (χ3v) is 3.20. The number of rotatable bonds is 3. The zero-order valence-corrected chi connectivity index (χ0v) is 9.94. The highest BCUT2D eigenvalue weighted by atomic mass is 79.9. The fraction of sp³-hybridized carbons (Fsp3) is 0.400. The van der Waals surface area contributed by atoms with Gasteiger partial charge in [0.2, 0.25) is 0 Å². The predicted molar refractivity (Wildman–Crippen MR) is 61.8 cm³/mol. The maximum atomic E-state index is 5.98. The van der Waals surface area contributed by atoms with E-state index in [1.165, 1.54) is 12.8 Å². The van der Waals surface area contributed by atoms with E-state index in [1.807, 2.05) is 6.07 Å². The van der Waals surface area contributed by atoms with Crippen LogP contribution >= 0.6 is 27.5 Å². The van der Waals surface area contributed by atoms with Gasteiger partial charge in [0, 0.05) is 10.2 Å². The highest BCUT2D eigenvalue weighted by molar-refractivity contribution is 9.10. The monoisotopic (exact) mass is 275 g/mol. The lowest BCUT2D eigenvalue weighted by Gasteiger charge is -2.08. The Morgan fingerprint density at radius 1 is 1.50 bits per heavy atom. The second-order valence-corrected chi connectivity index (χ2v) is 4.82. The molecule has 0 atom stereocenters. The number of anilines is 1. The first-order chi connectivity index (χ1) is 6.66. The summed E-state index contributed by atoms with van der Waals surface area (Å²) in [5.74, 6) is 1.43. The first-order valence-electron chi connectivity index (χ1n) is 4.54. The maximum Gasteiger partial charge on any atom is 0.139 e. The molecule has 2 N–H and O–H groups in total. The van der Waals surface area contributed by atoms with Crippen LogP contribution < -0.4 is 10.5 Å². The summed E-state index contributed by atoms with van der Waals surface area (Å²) in [4.78, 5) is 0. The molecule has 0 aliphatic heterocycles. The van der Waals surface area contributed by atoms with E-state index in [2.05, 4.69) is 15.9 Å². The normalized spacial score (nSPS) is 15.6. The minimum absolute atomic E-state index is 0.575. The molecule has 1 aromatic rings. The van der Waals surface area contributed by atoms with Gasteiger partial charge in [-0.15, -0.1) is 0 Å². The maximum absolute atomic E-state index is 5.98. The molecule has 2 nitrogen and oxygen atoms in total. The van der Waals surface area contributed by atoms with Crippen LogP contribution in [0.4, 0.5) is 5.69 Å². The van der Waals surface area contributed by atoms with Crippen molar-refractivity contribution in [1.82, 2.24) is 0 Å². The first kappa shape index (κ1) is 10.1. The van der Waals surface area contributed by atoms with E-state index in [9.17, 15) is 0 Å².